The Bertz CT molecular complexity index is 509. The molecule has 0 radical (unpaired) electrons. The van der Waals surface area contributed by atoms with E-state index in [4.69, 9.17) is 15.2 Å². The van der Waals surface area contributed by atoms with Gasteiger partial charge in [-0.3, -0.25) is 0 Å². The fourth-order valence-corrected chi connectivity index (χ4v) is 2.82. The number of aliphatic imine (C=N–C) groups is 1. The highest BCUT2D eigenvalue weighted by Crippen LogP contribution is 2.22. The summed E-state index contributed by atoms with van der Waals surface area (Å²) in [6.07, 6.45) is 0. The first kappa shape index (κ1) is 15.1. The number of para-hydroxylation sites is 1. The van der Waals surface area contributed by atoms with E-state index in [0.717, 1.165) is 52.6 Å². The third kappa shape index (κ3) is 3.69. The Labute approximate surface area is 131 Å². The Balaban J connectivity index is 1.69. The number of rotatable bonds is 3. The fourth-order valence-electron chi connectivity index (χ4n) is 2.82. The van der Waals surface area contributed by atoms with Crippen molar-refractivity contribution < 1.29 is 9.47 Å². The Hall–Kier alpha value is -1.79. The number of hydrogen-bond donors (Lipinski definition) is 1. The Kier molecular flexibility index (Phi) is 5.13. The van der Waals surface area contributed by atoms with Crippen molar-refractivity contribution in [3.05, 3.63) is 29.8 Å². The molecule has 2 N–H and O–H groups in total. The number of nitrogens with zero attached hydrogens (tertiary/aromatic N) is 3. The van der Waals surface area contributed by atoms with Gasteiger partial charge in [0.2, 0.25) is 0 Å². The molecule has 22 heavy (non-hydrogen) atoms. The fraction of sp³-hybridized carbons (Fsp3) is 0.562. The molecule has 1 aromatic carbocycles. The van der Waals surface area contributed by atoms with Gasteiger partial charge in [0.15, 0.2) is 5.96 Å². The molecular formula is C16H24N4O2. The van der Waals surface area contributed by atoms with Crippen molar-refractivity contribution in [3.63, 3.8) is 0 Å². The van der Waals surface area contributed by atoms with Gasteiger partial charge in [-0.1, -0.05) is 18.2 Å². The summed E-state index contributed by atoms with van der Waals surface area (Å²) in [5.41, 5.74) is 8.56. The lowest BCUT2D eigenvalue weighted by molar-refractivity contribution is 0.0674. The van der Waals surface area contributed by atoms with Crippen LogP contribution in [0.1, 0.15) is 5.56 Å². The molecule has 0 aromatic heterocycles. The molecule has 120 valence electrons. The molecule has 0 amide bonds. The molecule has 0 saturated carbocycles. The second-order valence-electron chi connectivity index (χ2n) is 5.50. The van der Waals surface area contributed by atoms with Gasteiger partial charge in [0, 0.05) is 31.9 Å². The molecule has 0 spiro atoms. The van der Waals surface area contributed by atoms with E-state index in [-0.39, 0.29) is 0 Å². The number of morpholine rings is 2. The van der Waals surface area contributed by atoms with Crippen molar-refractivity contribution in [2.24, 2.45) is 10.7 Å². The van der Waals surface area contributed by atoms with E-state index in [2.05, 4.69) is 39.1 Å². The molecule has 6 heteroatoms. The van der Waals surface area contributed by atoms with E-state index in [1.54, 1.807) is 0 Å². The maximum absolute atomic E-state index is 6.11. The van der Waals surface area contributed by atoms with Crippen molar-refractivity contribution in [1.82, 2.24) is 4.90 Å². The van der Waals surface area contributed by atoms with E-state index in [9.17, 15) is 0 Å². The van der Waals surface area contributed by atoms with Gasteiger partial charge in [-0.2, -0.15) is 0 Å². The number of benzene rings is 1. The molecule has 0 unspecified atom stereocenters. The summed E-state index contributed by atoms with van der Waals surface area (Å²) >= 11 is 0. The van der Waals surface area contributed by atoms with E-state index in [1.807, 2.05) is 0 Å². The van der Waals surface area contributed by atoms with Crippen LogP contribution in [0.15, 0.2) is 29.3 Å². The molecule has 2 fully saturated rings. The first-order valence-electron chi connectivity index (χ1n) is 7.88. The van der Waals surface area contributed by atoms with Crippen LogP contribution in [0.5, 0.6) is 0 Å². The zero-order valence-electron chi connectivity index (χ0n) is 12.9. The van der Waals surface area contributed by atoms with Crippen LogP contribution in [-0.4, -0.2) is 63.5 Å². The largest absolute Gasteiger partial charge is 0.378 e. The van der Waals surface area contributed by atoms with Gasteiger partial charge >= 0.3 is 0 Å². The average molecular weight is 304 g/mol. The van der Waals surface area contributed by atoms with Crippen LogP contribution in [0.3, 0.4) is 0 Å². The van der Waals surface area contributed by atoms with Crippen LogP contribution in [-0.2, 0) is 16.0 Å². The molecule has 3 rings (SSSR count). The van der Waals surface area contributed by atoms with Crippen molar-refractivity contribution in [2.45, 2.75) is 6.54 Å². The first-order chi connectivity index (χ1) is 10.8. The van der Waals surface area contributed by atoms with Gasteiger partial charge in [-0.25, -0.2) is 4.99 Å². The van der Waals surface area contributed by atoms with Crippen LogP contribution in [0.4, 0.5) is 5.69 Å². The molecule has 2 aliphatic rings. The molecular weight excluding hydrogens is 280 g/mol. The standard InChI is InChI=1S/C16H24N4O2/c17-16(20-7-11-22-12-8-20)18-13-14-3-1-2-4-15(14)19-5-9-21-10-6-19/h1-4H,5-13H2,(H2,17,18). The third-order valence-corrected chi connectivity index (χ3v) is 4.09. The molecule has 1 aromatic rings. The molecule has 6 nitrogen and oxygen atoms in total. The van der Waals surface area contributed by atoms with E-state index < -0.39 is 0 Å². The van der Waals surface area contributed by atoms with E-state index in [0.29, 0.717) is 12.5 Å². The Morgan fingerprint density at radius 1 is 1.00 bits per heavy atom. The van der Waals surface area contributed by atoms with Crippen LogP contribution >= 0.6 is 0 Å². The van der Waals surface area contributed by atoms with Gasteiger partial charge in [-0.15, -0.1) is 0 Å². The summed E-state index contributed by atoms with van der Waals surface area (Å²) in [6.45, 7) is 7.12. The summed E-state index contributed by atoms with van der Waals surface area (Å²) < 4.78 is 10.8. The highest BCUT2D eigenvalue weighted by Gasteiger charge is 2.15. The maximum atomic E-state index is 6.11. The molecule has 0 aliphatic carbocycles. The third-order valence-electron chi connectivity index (χ3n) is 4.09. The molecule has 0 atom stereocenters. The predicted octanol–water partition coefficient (Wildman–Crippen LogP) is 0.670. The molecule has 2 aliphatic heterocycles. The lowest BCUT2D eigenvalue weighted by atomic mass is 10.1. The average Bonchev–Trinajstić information content (AvgIpc) is 2.61. The van der Waals surface area contributed by atoms with Crippen molar-refractivity contribution in [3.8, 4) is 0 Å². The second-order valence-corrected chi connectivity index (χ2v) is 5.50. The summed E-state index contributed by atoms with van der Waals surface area (Å²) in [5.74, 6) is 0.611. The number of anilines is 1. The van der Waals surface area contributed by atoms with E-state index in [1.165, 1.54) is 11.3 Å². The topological polar surface area (TPSA) is 63.3 Å². The quantitative estimate of drug-likeness (QED) is 0.657. The lowest BCUT2D eigenvalue weighted by Gasteiger charge is -2.30. The zero-order chi connectivity index (χ0) is 15.2. The monoisotopic (exact) mass is 304 g/mol. The van der Waals surface area contributed by atoms with Gasteiger partial charge in [0.25, 0.3) is 0 Å². The highest BCUT2D eigenvalue weighted by molar-refractivity contribution is 5.78. The zero-order valence-corrected chi connectivity index (χ0v) is 12.9. The lowest BCUT2D eigenvalue weighted by Crippen LogP contribution is -2.44. The highest BCUT2D eigenvalue weighted by atomic mass is 16.5. The number of hydrogen-bond acceptors (Lipinski definition) is 4. The maximum Gasteiger partial charge on any atom is 0.191 e. The molecule has 0 bridgehead atoms. The van der Waals surface area contributed by atoms with Gasteiger partial charge in [0.1, 0.15) is 0 Å². The SMILES string of the molecule is NC(=NCc1ccccc1N1CCOCC1)N1CCOCC1. The van der Waals surface area contributed by atoms with Crippen LogP contribution in [0, 0.1) is 0 Å². The predicted molar refractivity (Wildman–Crippen MR) is 87.2 cm³/mol. The summed E-state index contributed by atoms with van der Waals surface area (Å²) in [4.78, 5) is 9.03. The van der Waals surface area contributed by atoms with Crippen molar-refractivity contribution >= 4 is 11.6 Å². The first-order valence-corrected chi connectivity index (χ1v) is 7.88. The van der Waals surface area contributed by atoms with Crippen molar-refractivity contribution in [1.29, 1.82) is 0 Å². The summed E-state index contributed by atoms with van der Waals surface area (Å²) in [5, 5.41) is 0. The Morgan fingerprint density at radius 2 is 1.64 bits per heavy atom. The number of nitrogens with two attached hydrogens (primary N) is 1. The van der Waals surface area contributed by atoms with Crippen LogP contribution in [0.25, 0.3) is 0 Å². The molecule has 2 saturated heterocycles. The van der Waals surface area contributed by atoms with E-state index >= 15 is 0 Å². The smallest absolute Gasteiger partial charge is 0.191 e. The molecule has 2 heterocycles. The van der Waals surface area contributed by atoms with Crippen molar-refractivity contribution in [2.75, 3.05) is 57.5 Å². The van der Waals surface area contributed by atoms with Gasteiger partial charge in [0.05, 0.1) is 33.0 Å². The normalized spacial score (nSPS) is 20.3. The minimum Gasteiger partial charge on any atom is -0.378 e. The van der Waals surface area contributed by atoms with Crippen LogP contribution in [0.2, 0.25) is 0 Å². The minimum absolute atomic E-state index is 0.608. The number of ether oxygens (including phenoxy) is 2. The second kappa shape index (κ2) is 7.47. The summed E-state index contributed by atoms with van der Waals surface area (Å²) in [7, 11) is 0. The van der Waals surface area contributed by atoms with Gasteiger partial charge < -0.3 is 25.0 Å². The van der Waals surface area contributed by atoms with Gasteiger partial charge in [-0.05, 0) is 11.6 Å². The number of guanidine groups is 1. The summed E-state index contributed by atoms with van der Waals surface area (Å²) in [6, 6.07) is 8.41. The van der Waals surface area contributed by atoms with Crippen LogP contribution < -0.4 is 10.6 Å². The minimum atomic E-state index is 0.608. The Morgan fingerprint density at radius 3 is 2.36 bits per heavy atom.